The molecule has 0 fully saturated rings. The molecule has 1 atom stereocenters. The maximum Gasteiger partial charge on any atom is 0.232 e. The van der Waals surface area contributed by atoms with Gasteiger partial charge in [-0.2, -0.15) is 12.6 Å². The largest absolute Gasteiger partial charge is 0.351 e. The lowest BCUT2D eigenvalue weighted by Gasteiger charge is -2.07. The van der Waals surface area contributed by atoms with Crippen LogP contribution in [0.5, 0.6) is 0 Å². The summed E-state index contributed by atoms with van der Waals surface area (Å²) in [5.41, 5.74) is 0.249. The van der Waals surface area contributed by atoms with Gasteiger partial charge in [0.2, 0.25) is 5.91 Å². The number of carbonyl (C=O) groups excluding carboxylic acids is 1. The van der Waals surface area contributed by atoms with Crippen molar-refractivity contribution in [3.8, 4) is 0 Å². The maximum absolute atomic E-state index is 13.1. The van der Waals surface area contributed by atoms with E-state index in [-0.39, 0.29) is 18.0 Å². The molecule has 0 bridgehead atoms. The van der Waals surface area contributed by atoms with Gasteiger partial charge < -0.3 is 5.32 Å². The van der Waals surface area contributed by atoms with Crippen molar-refractivity contribution in [3.05, 3.63) is 35.4 Å². The van der Waals surface area contributed by atoms with E-state index in [9.17, 15) is 13.6 Å². The van der Waals surface area contributed by atoms with Gasteiger partial charge in [0.15, 0.2) is 0 Å². The molecule has 82 valence electrons. The molecule has 0 aliphatic heterocycles. The summed E-state index contributed by atoms with van der Waals surface area (Å²) in [5, 5.41) is 2.03. The lowest BCUT2D eigenvalue weighted by molar-refractivity contribution is -0.120. The van der Waals surface area contributed by atoms with Gasteiger partial charge in [0, 0.05) is 18.2 Å². The van der Waals surface area contributed by atoms with Crippen LogP contribution < -0.4 is 5.32 Å². The van der Waals surface area contributed by atoms with Gasteiger partial charge in [-0.05, 0) is 13.0 Å². The van der Waals surface area contributed by atoms with Crippen molar-refractivity contribution in [2.75, 3.05) is 0 Å². The molecule has 0 aromatic heterocycles. The molecule has 0 saturated heterocycles. The molecule has 0 radical (unpaired) electrons. The van der Waals surface area contributed by atoms with Crippen LogP contribution in [0.3, 0.4) is 0 Å². The van der Waals surface area contributed by atoms with Crippen molar-refractivity contribution >= 4 is 18.5 Å². The molecular formula is C10H11F2NOS. The van der Waals surface area contributed by atoms with Gasteiger partial charge in [0.1, 0.15) is 11.6 Å². The minimum Gasteiger partial charge on any atom is -0.351 e. The van der Waals surface area contributed by atoms with Gasteiger partial charge in [-0.1, -0.05) is 6.07 Å². The third-order valence-electron chi connectivity index (χ3n) is 1.85. The van der Waals surface area contributed by atoms with Gasteiger partial charge in [0.25, 0.3) is 0 Å². The fourth-order valence-electron chi connectivity index (χ4n) is 0.995. The molecule has 2 nitrogen and oxygen atoms in total. The minimum atomic E-state index is -0.665. The Kier molecular flexibility index (Phi) is 4.08. The van der Waals surface area contributed by atoms with E-state index in [1.807, 2.05) is 0 Å². The van der Waals surface area contributed by atoms with Crippen LogP contribution in [0, 0.1) is 11.6 Å². The fraction of sp³-hybridized carbons (Fsp3) is 0.300. The highest BCUT2D eigenvalue weighted by molar-refractivity contribution is 7.81. The van der Waals surface area contributed by atoms with Crippen LogP contribution in [0.25, 0.3) is 0 Å². The van der Waals surface area contributed by atoms with Crippen molar-refractivity contribution in [3.63, 3.8) is 0 Å². The minimum absolute atomic E-state index is 0.0375. The van der Waals surface area contributed by atoms with E-state index in [0.717, 1.165) is 12.1 Å². The Balaban J connectivity index is 2.62. The molecule has 5 heteroatoms. The summed E-state index contributed by atoms with van der Waals surface area (Å²) >= 11 is 3.92. The zero-order valence-electron chi connectivity index (χ0n) is 8.13. The summed E-state index contributed by atoms with van der Waals surface area (Å²) in [4.78, 5) is 11.1. The van der Waals surface area contributed by atoms with E-state index < -0.39 is 16.9 Å². The highest BCUT2D eigenvalue weighted by Crippen LogP contribution is 2.09. The Morgan fingerprint density at radius 1 is 1.53 bits per heavy atom. The Hall–Kier alpha value is -1.10. The van der Waals surface area contributed by atoms with Gasteiger partial charge >= 0.3 is 0 Å². The average Bonchev–Trinajstić information content (AvgIpc) is 2.15. The molecule has 1 unspecified atom stereocenters. The molecule has 0 heterocycles. The molecule has 1 aromatic rings. The molecule has 0 saturated carbocycles. The highest BCUT2D eigenvalue weighted by Gasteiger charge is 2.09. The third-order valence-corrected chi connectivity index (χ3v) is 2.08. The van der Waals surface area contributed by atoms with Gasteiger partial charge in [-0.3, -0.25) is 4.79 Å². The first-order valence-corrected chi connectivity index (χ1v) is 4.92. The highest BCUT2D eigenvalue weighted by atomic mass is 32.1. The first-order valence-electron chi connectivity index (χ1n) is 4.40. The van der Waals surface area contributed by atoms with Gasteiger partial charge in [-0.15, -0.1) is 0 Å². The number of rotatable bonds is 3. The number of hydrogen-bond acceptors (Lipinski definition) is 2. The second-order valence-corrected chi connectivity index (χ2v) is 3.90. The fourth-order valence-corrected chi connectivity index (χ4v) is 1.09. The van der Waals surface area contributed by atoms with Crippen LogP contribution in [-0.4, -0.2) is 11.2 Å². The summed E-state index contributed by atoms with van der Waals surface area (Å²) in [5.74, 6) is -1.59. The monoisotopic (exact) mass is 231 g/mol. The first kappa shape index (κ1) is 12.0. The summed E-state index contributed by atoms with van der Waals surface area (Å²) in [6.45, 7) is 1.65. The van der Waals surface area contributed by atoms with E-state index in [1.54, 1.807) is 6.92 Å². The Morgan fingerprint density at radius 2 is 2.20 bits per heavy atom. The number of benzene rings is 1. The van der Waals surface area contributed by atoms with Crippen molar-refractivity contribution in [1.82, 2.24) is 5.32 Å². The van der Waals surface area contributed by atoms with Crippen molar-refractivity contribution in [2.24, 2.45) is 0 Å². The zero-order valence-corrected chi connectivity index (χ0v) is 9.02. The zero-order chi connectivity index (χ0) is 11.4. The normalized spacial score (nSPS) is 12.3. The SMILES string of the molecule is CC(S)C(=O)NCc1ccc(F)cc1F. The molecule has 1 amide bonds. The van der Waals surface area contributed by atoms with Crippen molar-refractivity contribution < 1.29 is 13.6 Å². The molecule has 1 rings (SSSR count). The van der Waals surface area contributed by atoms with Crippen molar-refractivity contribution in [2.45, 2.75) is 18.7 Å². The average molecular weight is 231 g/mol. The van der Waals surface area contributed by atoms with E-state index in [1.165, 1.54) is 6.07 Å². The van der Waals surface area contributed by atoms with Crippen LogP contribution in [0.1, 0.15) is 12.5 Å². The van der Waals surface area contributed by atoms with E-state index in [2.05, 4.69) is 17.9 Å². The smallest absolute Gasteiger partial charge is 0.232 e. The number of carbonyl (C=O) groups is 1. The van der Waals surface area contributed by atoms with Crippen LogP contribution in [0.15, 0.2) is 18.2 Å². The predicted molar refractivity (Wildman–Crippen MR) is 56.7 cm³/mol. The van der Waals surface area contributed by atoms with E-state index in [0.29, 0.717) is 0 Å². The molecule has 0 aliphatic carbocycles. The van der Waals surface area contributed by atoms with Crippen LogP contribution >= 0.6 is 12.6 Å². The van der Waals surface area contributed by atoms with Crippen LogP contribution in [0.2, 0.25) is 0 Å². The molecule has 0 aliphatic rings. The second-order valence-electron chi connectivity index (χ2n) is 3.13. The second kappa shape index (κ2) is 5.11. The lowest BCUT2D eigenvalue weighted by atomic mass is 10.2. The number of thiol groups is 1. The van der Waals surface area contributed by atoms with Gasteiger partial charge in [0.05, 0.1) is 5.25 Å². The van der Waals surface area contributed by atoms with E-state index in [4.69, 9.17) is 0 Å². The molecular weight excluding hydrogens is 220 g/mol. The van der Waals surface area contributed by atoms with Crippen LogP contribution in [0.4, 0.5) is 8.78 Å². The number of nitrogens with one attached hydrogen (secondary N) is 1. The predicted octanol–water partition coefficient (Wildman–Crippen LogP) is 1.90. The molecule has 1 N–H and O–H groups in total. The standard InChI is InChI=1S/C10H11F2NOS/c1-6(15)10(14)13-5-7-2-3-8(11)4-9(7)12/h2-4,6,15H,5H2,1H3,(H,13,14). The molecule has 0 spiro atoms. The summed E-state index contributed by atoms with van der Waals surface area (Å²) < 4.78 is 25.6. The Morgan fingerprint density at radius 3 is 2.73 bits per heavy atom. The van der Waals surface area contributed by atoms with Crippen molar-refractivity contribution in [1.29, 1.82) is 0 Å². The van der Waals surface area contributed by atoms with E-state index >= 15 is 0 Å². The number of halogens is 2. The van der Waals surface area contributed by atoms with Crippen LogP contribution in [-0.2, 0) is 11.3 Å². The summed E-state index contributed by atoms with van der Waals surface area (Å²) in [7, 11) is 0. The number of amides is 1. The first-order chi connectivity index (χ1) is 7.00. The quantitative estimate of drug-likeness (QED) is 0.764. The Bertz CT molecular complexity index is 368. The summed E-state index contributed by atoms with van der Waals surface area (Å²) in [6.07, 6.45) is 0. The lowest BCUT2D eigenvalue weighted by Crippen LogP contribution is -2.29. The Labute approximate surface area is 92.1 Å². The topological polar surface area (TPSA) is 29.1 Å². The maximum atomic E-state index is 13.1. The summed E-state index contributed by atoms with van der Waals surface area (Å²) in [6, 6.07) is 3.23. The number of hydrogen-bond donors (Lipinski definition) is 2. The third kappa shape index (κ3) is 3.51. The van der Waals surface area contributed by atoms with Gasteiger partial charge in [-0.25, -0.2) is 8.78 Å². The molecule has 15 heavy (non-hydrogen) atoms. The molecule has 1 aromatic carbocycles.